The van der Waals surface area contributed by atoms with E-state index in [2.05, 4.69) is 52.5 Å². The van der Waals surface area contributed by atoms with Crippen LogP contribution in [0.2, 0.25) is 0 Å². The molecule has 6 nitrogen and oxygen atoms in total. The Labute approximate surface area is 216 Å². The third-order valence-electron chi connectivity index (χ3n) is 5.14. The minimum atomic E-state index is -0.540. The number of carbonyl (C=O) groups is 2. The minimum Gasteiger partial charge on any atom is -1.00 e. The van der Waals surface area contributed by atoms with Gasteiger partial charge in [0.2, 0.25) is 0 Å². The van der Waals surface area contributed by atoms with Crippen LogP contribution in [0.4, 0.5) is 0 Å². The van der Waals surface area contributed by atoms with Crippen LogP contribution < -0.4 is 24.8 Å². The van der Waals surface area contributed by atoms with Crippen molar-refractivity contribution in [1.29, 1.82) is 0 Å². The first-order valence-electron chi connectivity index (χ1n) is 10.9. The lowest BCUT2D eigenvalue weighted by molar-refractivity contribution is -0.903. The normalized spacial score (nSPS) is 11.3. The largest absolute Gasteiger partial charge is 1.00 e. The number of rotatable bonds is 12. The SMILES string of the molecule is C[N+](C)(CCOC(=O)/C=C\C(=O)OCC[N+](C)(C)Cc1ccccc1)Cc1ccccc1.[Cl-].[Cl-]. The van der Waals surface area contributed by atoms with Gasteiger partial charge in [-0.1, -0.05) is 60.7 Å². The van der Waals surface area contributed by atoms with E-state index in [-0.39, 0.29) is 38.0 Å². The van der Waals surface area contributed by atoms with Gasteiger partial charge in [-0.05, 0) is 0 Å². The molecule has 0 saturated carbocycles. The van der Waals surface area contributed by atoms with Crippen molar-refractivity contribution < 1.29 is 52.8 Å². The van der Waals surface area contributed by atoms with Gasteiger partial charge in [0.15, 0.2) is 0 Å². The highest BCUT2D eigenvalue weighted by molar-refractivity contribution is 5.91. The Hall–Kier alpha value is -2.38. The molecule has 34 heavy (non-hydrogen) atoms. The molecule has 8 heteroatoms. The van der Waals surface area contributed by atoms with Crippen LogP contribution in [-0.4, -0.2) is 75.4 Å². The van der Waals surface area contributed by atoms with E-state index in [4.69, 9.17) is 9.47 Å². The van der Waals surface area contributed by atoms with Gasteiger partial charge >= 0.3 is 11.9 Å². The molecule has 0 aliphatic carbocycles. The number of quaternary nitrogens is 2. The number of halogens is 2. The summed E-state index contributed by atoms with van der Waals surface area (Å²) in [5.74, 6) is -1.08. The Morgan fingerprint density at radius 2 is 0.971 bits per heavy atom. The molecule has 0 aliphatic heterocycles. The van der Waals surface area contributed by atoms with Gasteiger partial charge in [0, 0.05) is 23.3 Å². The van der Waals surface area contributed by atoms with Crippen molar-refractivity contribution in [3.8, 4) is 0 Å². The van der Waals surface area contributed by atoms with Crippen molar-refractivity contribution in [3.05, 3.63) is 83.9 Å². The fraction of sp³-hybridized carbons (Fsp3) is 0.385. The quantitative estimate of drug-likeness (QED) is 0.176. The van der Waals surface area contributed by atoms with Crippen LogP contribution in [0.3, 0.4) is 0 Å². The second kappa shape index (κ2) is 15.5. The number of nitrogens with zero attached hydrogens (tertiary/aromatic N) is 2. The van der Waals surface area contributed by atoms with Crippen LogP contribution in [0.15, 0.2) is 72.8 Å². The highest BCUT2D eigenvalue weighted by Gasteiger charge is 2.17. The number of likely N-dealkylation sites (N-methyl/N-ethyl adjacent to an activating group) is 2. The zero-order chi connectivity index (χ0) is 23.5. The van der Waals surface area contributed by atoms with E-state index in [1.165, 1.54) is 11.1 Å². The van der Waals surface area contributed by atoms with Crippen molar-refractivity contribution in [3.63, 3.8) is 0 Å². The summed E-state index contributed by atoms with van der Waals surface area (Å²) in [5.41, 5.74) is 2.47. The number of carbonyl (C=O) groups excluding carboxylic acids is 2. The first-order chi connectivity index (χ1) is 15.2. The fourth-order valence-electron chi connectivity index (χ4n) is 3.33. The first kappa shape index (κ1) is 31.6. The summed E-state index contributed by atoms with van der Waals surface area (Å²) in [7, 11) is 8.36. The number of benzene rings is 2. The lowest BCUT2D eigenvalue weighted by atomic mass is 10.2. The molecule has 0 N–H and O–H groups in total. The monoisotopic (exact) mass is 510 g/mol. The maximum Gasteiger partial charge on any atom is 0.331 e. The minimum absolute atomic E-state index is 0. The molecular weight excluding hydrogens is 475 g/mol. The predicted molar refractivity (Wildman–Crippen MR) is 125 cm³/mol. The molecule has 0 radical (unpaired) electrons. The molecule has 2 rings (SSSR count). The number of esters is 2. The average molecular weight is 511 g/mol. The van der Waals surface area contributed by atoms with Gasteiger partial charge in [-0.25, -0.2) is 9.59 Å². The molecule has 188 valence electrons. The van der Waals surface area contributed by atoms with Crippen LogP contribution in [0, 0.1) is 0 Å². The predicted octanol–water partition coefficient (Wildman–Crippen LogP) is -2.81. The standard InChI is InChI=1S/C26H36N2O4.2ClH/c1-27(2,21-23-11-7-5-8-12-23)17-19-31-25(29)15-16-26(30)32-20-18-28(3,4)22-24-13-9-6-10-14-24;;/h5-16H,17-22H2,1-4H3;2*1H/q+2;;/p-2/b16-15-;;. The molecule has 0 fully saturated rings. The summed E-state index contributed by atoms with van der Waals surface area (Å²) in [6.07, 6.45) is 2.26. The third kappa shape index (κ3) is 13.4. The molecular formula is C26H36Cl2N2O4. The van der Waals surface area contributed by atoms with E-state index in [1.807, 2.05) is 36.4 Å². The van der Waals surface area contributed by atoms with Crippen molar-refractivity contribution in [2.75, 3.05) is 54.5 Å². The lowest BCUT2D eigenvalue weighted by Crippen LogP contribution is -3.00. The molecule has 0 aliphatic rings. The summed E-state index contributed by atoms with van der Waals surface area (Å²) < 4.78 is 11.9. The highest BCUT2D eigenvalue weighted by Crippen LogP contribution is 2.09. The second-order valence-corrected chi connectivity index (χ2v) is 9.27. The smallest absolute Gasteiger partial charge is 0.331 e. The zero-order valence-electron chi connectivity index (χ0n) is 20.5. The number of ether oxygens (including phenoxy) is 2. The van der Waals surface area contributed by atoms with Crippen LogP contribution in [0.1, 0.15) is 11.1 Å². The van der Waals surface area contributed by atoms with Gasteiger partial charge in [0.05, 0.1) is 28.2 Å². The topological polar surface area (TPSA) is 52.6 Å². The molecule has 0 atom stereocenters. The Bertz CT molecular complexity index is 815. The Morgan fingerprint density at radius 1 is 0.647 bits per heavy atom. The molecule has 0 unspecified atom stereocenters. The summed E-state index contributed by atoms with van der Waals surface area (Å²) in [6, 6.07) is 20.4. The summed E-state index contributed by atoms with van der Waals surface area (Å²) in [6.45, 7) is 3.60. The fourth-order valence-corrected chi connectivity index (χ4v) is 3.33. The third-order valence-corrected chi connectivity index (χ3v) is 5.14. The number of hydrogen-bond donors (Lipinski definition) is 0. The van der Waals surface area contributed by atoms with Crippen LogP contribution in [0.5, 0.6) is 0 Å². The van der Waals surface area contributed by atoms with Crippen molar-refractivity contribution in [2.24, 2.45) is 0 Å². The lowest BCUT2D eigenvalue weighted by Gasteiger charge is -2.29. The summed E-state index contributed by atoms with van der Waals surface area (Å²) in [5, 5.41) is 0. The van der Waals surface area contributed by atoms with Crippen molar-refractivity contribution >= 4 is 11.9 Å². The van der Waals surface area contributed by atoms with Crippen molar-refractivity contribution in [1.82, 2.24) is 0 Å². The van der Waals surface area contributed by atoms with Gasteiger partial charge in [-0.15, -0.1) is 0 Å². The molecule has 0 spiro atoms. The zero-order valence-corrected chi connectivity index (χ0v) is 22.0. The number of hydrogen-bond acceptors (Lipinski definition) is 4. The van der Waals surface area contributed by atoms with Crippen molar-refractivity contribution in [2.45, 2.75) is 13.1 Å². The van der Waals surface area contributed by atoms with Crippen LogP contribution in [-0.2, 0) is 32.2 Å². The van der Waals surface area contributed by atoms with Gasteiger partial charge in [0.25, 0.3) is 0 Å². The Kier molecular flexibility index (Phi) is 14.4. The van der Waals surface area contributed by atoms with E-state index >= 15 is 0 Å². The van der Waals surface area contributed by atoms with E-state index in [9.17, 15) is 9.59 Å². The van der Waals surface area contributed by atoms with Crippen LogP contribution in [0.25, 0.3) is 0 Å². The average Bonchev–Trinajstić information content (AvgIpc) is 2.73. The Balaban J connectivity index is 0.00000544. The van der Waals surface area contributed by atoms with Gasteiger partial charge in [0.1, 0.15) is 39.4 Å². The van der Waals surface area contributed by atoms with E-state index < -0.39 is 11.9 Å². The van der Waals surface area contributed by atoms with Gasteiger partial charge < -0.3 is 43.3 Å². The molecule has 2 aromatic rings. The van der Waals surface area contributed by atoms with E-state index in [0.29, 0.717) is 22.1 Å². The van der Waals surface area contributed by atoms with Crippen LogP contribution >= 0.6 is 0 Å². The van der Waals surface area contributed by atoms with Gasteiger partial charge in [-0.3, -0.25) is 0 Å². The summed E-state index contributed by atoms with van der Waals surface area (Å²) >= 11 is 0. The molecule has 0 bridgehead atoms. The van der Waals surface area contributed by atoms with E-state index in [1.54, 1.807) is 0 Å². The molecule has 2 aromatic carbocycles. The second-order valence-electron chi connectivity index (χ2n) is 9.27. The first-order valence-corrected chi connectivity index (χ1v) is 10.9. The Morgan fingerprint density at radius 3 is 1.29 bits per heavy atom. The highest BCUT2D eigenvalue weighted by atomic mass is 35.5. The summed E-state index contributed by atoms with van der Waals surface area (Å²) in [4.78, 5) is 23.8. The van der Waals surface area contributed by atoms with Gasteiger partial charge in [-0.2, -0.15) is 0 Å². The molecule has 0 amide bonds. The molecule has 0 aromatic heterocycles. The maximum atomic E-state index is 11.9. The maximum absolute atomic E-state index is 11.9. The van der Waals surface area contributed by atoms with E-state index in [0.717, 1.165) is 25.2 Å². The molecule has 0 heterocycles. The molecule has 0 saturated heterocycles.